The average molecular weight is 464 g/mol. The molecule has 0 radical (unpaired) electrons. The first kappa shape index (κ1) is 24.7. The van der Waals surface area contributed by atoms with Gasteiger partial charge < -0.3 is 15.2 Å². The molecule has 0 unspecified atom stereocenters. The number of fused-ring (bicyclic) bond motifs is 1. The van der Waals surface area contributed by atoms with Gasteiger partial charge in [0.05, 0.1) is 24.0 Å². The minimum absolute atomic E-state index is 0.278. The largest absolute Gasteiger partial charge is 0.481 e. The predicted molar refractivity (Wildman–Crippen MR) is 126 cm³/mol. The van der Waals surface area contributed by atoms with Crippen molar-refractivity contribution in [1.82, 2.24) is 0 Å². The SMILES string of the molecule is CCOC(=O)c1c(NC(=O)[C@H]2CCCC[C@H]2C(=O)O)sc2c1CCCCCCCCCC2. The second kappa shape index (κ2) is 12.4. The molecule has 2 N–H and O–H groups in total. The number of carbonyl (C=O) groups is 3. The summed E-state index contributed by atoms with van der Waals surface area (Å²) in [6.45, 7) is 2.06. The van der Waals surface area contributed by atoms with Crippen LogP contribution in [0, 0.1) is 11.8 Å². The summed E-state index contributed by atoms with van der Waals surface area (Å²) in [6, 6.07) is 0. The number of anilines is 1. The van der Waals surface area contributed by atoms with Gasteiger partial charge in [-0.25, -0.2) is 4.79 Å². The first-order valence-electron chi connectivity index (χ1n) is 12.4. The number of rotatable bonds is 5. The summed E-state index contributed by atoms with van der Waals surface area (Å²) in [7, 11) is 0. The number of hydrogen-bond acceptors (Lipinski definition) is 5. The average Bonchev–Trinajstić information content (AvgIpc) is 3.10. The van der Waals surface area contributed by atoms with Crippen molar-refractivity contribution in [1.29, 1.82) is 0 Å². The molecule has 1 saturated carbocycles. The summed E-state index contributed by atoms with van der Waals surface area (Å²) in [5.74, 6) is -2.78. The van der Waals surface area contributed by atoms with Crippen molar-refractivity contribution in [3.63, 3.8) is 0 Å². The number of amides is 1. The van der Waals surface area contributed by atoms with Crippen LogP contribution in [0.5, 0.6) is 0 Å². The lowest BCUT2D eigenvalue weighted by atomic mass is 9.78. The third kappa shape index (κ3) is 6.33. The normalized spacial score (nSPS) is 22.7. The predicted octanol–water partition coefficient (Wildman–Crippen LogP) is 5.97. The van der Waals surface area contributed by atoms with E-state index in [0.717, 1.165) is 50.5 Å². The van der Waals surface area contributed by atoms with Crippen LogP contribution in [0.4, 0.5) is 5.00 Å². The maximum absolute atomic E-state index is 13.1. The van der Waals surface area contributed by atoms with Gasteiger partial charge in [0, 0.05) is 4.88 Å². The Morgan fingerprint density at radius 3 is 2.12 bits per heavy atom. The van der Waals surface area contributed by atoms with Crippen molar-refractivity contribution in [3.05, 3.63) is 16.0 Å². The van der Waals surface area contributed by atoms with Crippen LogP contribution >= 0.6 is 11.3 Å². The number of aryl methyl sites for hydroxylation is 1. The third-order valence-electron chi connectivity index (χ3n) is 6.81. The lowest BCUT2D eigenvalue weighted by Crippen LogP contribution is -2.36. The van der Waals surface area contributed by atoms with Crippen LogP contribution in [0.15, 0.2) is 0 Å². The van der Waals surface area contributed by atoms with E-state index in [9.17, 15) is 19.5 Å². The van der Waals surface area contributed by atoms with E-state index < -0.39 is 17.8 Å². The fourth-order valence-corrected chi connectivity index (χ4v) is 6.36. The van der Waals surface area contributed by atoms with Crippen molar-refractivity contribution in [3.8, 4) is 0 Å². The van der Waals surface area contributed by atoms with Crippen molar-refractivity contribution >= 4 is 34.2 Å². The Hall–Kier alpha value is -1.89. The van der Waals surface area contributed by atoms with E-state index in [1.54, 1.807) is 6.92 Å². The Labute approximate surface area is 195 Å². The van der Waals surface area contributed by atoms with Gasteiger partial charge in [0.25, 0.3) is 0 Å². The minimum atomic E-state index is -0.909. The molecule has 0 aliphatic heterocycles. The molecule has 0 bridgehead atoms. The first-order valence-corrected chi connectivity index (χ1v) is 13.2. The summed E-state index contributed by atoms with van der Waals surface area (Å²) in [6.07, 6.45) is 14.0. The quantitative estimate of drug-likeness (QED) is 0.525. The molecule has 32 heavy (non-hydrogen) atoms. The summed E-state index contributed by atoms with van der Waals surface area (Å²) >= 11 is 1.49. The van der Waals surface area contributed by atoms with Crippen molar-refractivity contribution in [2.24, 2.45) is 11.8 Å². The molecule has 7 heteroatoms. The van der Waals surface area contributed by atoms with Gasteiger partial charge in [0.1, 0.15) is 5.00 Å². The van der Waals surface area contributed by atoms with E-state index in [1.807, 2.05) is 0 Å². The van der Waals surface area contributed by atoms with E-state index in [4.69, 9.17) is 4.74 Å². The van der Waals surface area contributed by atoms with Gasteiger partial charge in [0.2, 0.25) is 5.91 Å². The van der Waals surface area contributed by atoms with Gasteiger partial charge in [-0.3, -0.25) is 9.59 Å². The molecule has 2 atom stereocenters. The van der Waals surface area contributed by atoms with Crippen LogP contribution in [0.3, 0.4) is 0 Å². The number of thiophene rings is 1. The molecule has 1 fully saturated rings. The van der Waals surface area contributed by atoms with Gasteiger partial charge in [-0.05, 0) is 51.0 Å². The highest BCUT2D eigenvalue weighted by atomic mass is 32.1. The third-order valence-corrected chi connectivity index (χ3v) is 8.01. The molecule has 1 aromatic heterocycles. The number of carbonyl (C=O) groups excluding carboxylic acids is 2. The molecule has 2 aliphatic carbocycles. The summed E-state index contributed by atoms with van der Waals surface area (Å²) < 4.78 is 5.37. The van der Waals surface area contributed by atoms with Gasteiger partial charge in [-0.1, -0.05) is 51.4 Å². The smallest absolute Gasteiger partial charge is 0.341 e. The number of esters is 1. The number of carboxylic acids is 1. The topological polar surface area (TPSA) is 92.7 Å². The maximum atomic E-state index is 13.1. The highest BCUT2D eigenvalue weighted by Crippen LogP contribution is 2.38. The van der Waals surface area contributed by atoms with Gasteiger partial charge in [-0.15, -0.1) is 11.3 Å². The molecule has 6 nitrogen and oxygen atoms in total. The Bertz CT molecular complexity index is 802. The Morgan fingerprint density at radius 2 is 1.50 bits per heavy atom. The second-order valence-electron chi connectivity index (χ2n) is 9.08. The summed E-state index contributed by atoms with van der Waals surface area (Å²) in [5.41, 5.74) is 1.53. The summed E-state index contributed by atoms with van der Waals surface area (Å²) in [5, 5.41) is 13.1. The Balaban J connectivity index is 1.89. The zero-order valence-electron chi connectivity index (χ0n) is 19.2. The zero-order chi connectivity index (χ0) is 22.9. The highest BCUT2D eigenvalue weighted by Gasteiger charge is 2.37. The Morgan fingerprint density at radius 1 is 0.906 bits per heavy atom. The van der Waals surface area contributed by atoms with E-state index in [2.05, 4.69) is 5.32 Å². The van der Waals surface area contributed by atoms with Crippen molar-refractivity contribution in [2.75, 3.05) is 11.9 Å². The van der Waals surface area contributed by atoms with Crippen LogP contribution in [0.1, 0.15) is 105 Å². The van der Waals surface area contributed by atoms with E-state index in [-0.39, 0.29) is 18.5 Å². The minimum Gasteiger partial charge on any atom is -0.481 e. The van der Waals surface area contributed by atoms with E-state index >= 15 is 0 Å². The van der Waals surface area contributed by atoms with E-state index in [1.165, 1.54) is 48.3 Å². The molecule has 0 aromatic carbocycles. The van der Waals surface area contributed by atoms with Crippen LogP contribution in [-0.2, 0) is 27.2 Å². The molecule has 1 heterocycles. The fraction of sp³-hybridized carbons (Fsp3) is 0.720. The summed E-state index contributed by atoms with van der Waals surface area (Å²) in [4.78, 5) is 38.9. The van der Waals surface area contributed by atoms with E-state index in [0.29, 0.717) is 23.4 Å². The number of ether oxygens (including phenoxy) is 1. The van der Waals surface area contributed by atoms with Crippen LogP contribution in [0.2, 0.25) is 0 Å². The maximum Gasteiger partial charge on any atom is 0.341 e. The molecule has 2 aliphatic rings. The molecule has 3 rings (SSSR count). The fourth-order valence-electron chi connectivity index (χ4n) is 5.08. The number of nitrogens with one attached hydrogen (secondary N) is 1. The lowest BCUT2D eigenvalue weighted by Gasteiger charge is -2.27. The second-order valence-corrected chi connectivity index (χ2v) is 10.2. The standard InChI is InChI=1S/C25H37NO5S/c1-2-31-25(30)21-19-15-9-7-5-3-4-6-8-10-16-20(19)32-23(21)26-22(27)17-13-11-12-14-18(17)24(28)29/h17-18H,2-16H2,1H3,(H,26,27)(H,28,29)/t17-,18+/m0/s1. The van der Waals surface area contributed by atoms with Crippen molar-refractivity contribution < 1.29 is 24.2 Å². The van der Waals surface area contributed by atoms with Crippen LogP contribution in [0.25, 0.3) is 0 Å². The van der Waals surface area contributed by atoms with Crippen LogP contribution < -0.4 is 5.32 Å². The lowest BCUT2D eigenvalue weighted by molar-refractivity contribution is -0.147. The van der Waals surface area contributed by atoms with Gasteiger partial charge >= 0.3 is 11.9 Å². The monoisotopic (exact) mass is 463 g/mol. The number of aliphatic carboxylic acids is 1. The molecule has 0 saturated heterocycles. The molecule has 178 valence electrons. The number of carboxylic acid groups (broad SMARTS) is 1. The van der Waals surface area contributed by atoms with Crippen LogP contribution in [-0.4, -0.2) is 29.6 Å². The highest BCUT2D eigenvalue weighted by molar-refractivity contribution is 7.17. The Kier molecular flexibility index (Phi) is 9.57. The van der Waals surface area contributed by atoms with Gasteiger partial charge in [-0.2, -0.15) is 0 Å². The van der Waals surface area contributed by atoms with Gasteiger partial charge in [0.15, 0.2) is 0 Å². The molecular weight excluding hydrogens is 426 g/mol. The molecule has 1 aromatic rings. The molecule has 1 amide bonds. The number of hydrogen-bond donors (Lipinski definition) is 2. The first-order chi connectivity index (χ1) is 15.5. The molecule has 0 spiro atoms. The zero-order valence-corrected chi connectivity index (χ0v) is 20.1. The molecular formula is C25H37NO5S. The van der Waals surface area contributed by atoms with Crippen molar-refractivity contribution in [2.45, 2.75) is 96.8 Å².